The number of carboxylic acids is 1. The molecule has 0 aliphatic carbocycles. The Morgan fingerprint density at radius 3 is 2.66 bits per heavy atom. The first-order valence-electron chi connectivity index (χ1n) is 9.25. The van der Waals surface area contributed by atoms with E-state index in [0.29, 0.717) is 35.1 Å². The Balaban J connectivity index is 1.50. The van der Waals surface area contributed by atoms with Gasteiger partial charge in [-0.3, -0.25) is 4.79 Å². The summed E-state index contributed by atoms with van der Waals surface area (Å²) in [5.74, 6) is -1.58. The molecule has 0 fully saturated rings. The van der Waals surface area contributed by atoms with Gasteiger partial charge in [-0.15, -0.1) is 0 Å². The predicted molar refractivity (Wildman–Crippen MR) is 109 cm³/mol. The predicted octanol–water partition coefficient (Wildman–Crippen LogP) is 4.08. The van der Waals surface area contributed by atoms with Crippen molar-refractivity contribution in [3.8, 4) is 0 Å². The van der Waals surface area contributed by atoms with Crippen molar-refractivity contribution in [3.63, 3.8) is 0 Å². The molecule has 1 amide bonds. The molecule has 0 atom stereocenters. The molecule has 0 aliphatic rings. The molecular formula is C22H20FN3O3. The number of nitrogens with one attached hydrogen (secondary N) is 3. The van der Waals surface area contributed by atoms with Gasteiger partial charge in [-0.25, -0.2) is 9.18 Å². The molecule has 2 aromatic carbocycles. The number of carbonyl (C=O) groups is 2. The number of halogens is 1. The Hall–Kier alpha value is -3.61. The van der Waals surface area contributed by atoms with E-state index in [1.165, 1.54) is 18.2 Å². The van der Waals surface area contributed by atoms with E-state index < -0.39 is 5.97 Å². The first kappa shape index (κ1) is 18.7. The van der Waals surface area contributed by atoms with E-state index in [1.54, 1.807) is 18.2 Å². The lowest BCUT2D eigenvalue weighted by atomic mass is 10.0. The van der Waals surface area contributed by atoms with Crippen LogP contribution in [0.5, 0.6) is 0 Å². The smallest absolute Gasteiger partial charge is 0.335 e. The number of rotatable bonds is 5. The van der Waals surface area contributed by atoms with Gasteiger partial charge in [0.2, 0.25) is 0 Å². The second-order valence-electron chi connectivity index (χ2n) is 7.14. The summed E-state index contributed by atoms with van der Waals surface area (Å²) in [5.41, 5.74) is 4.57. The van der Waals surface area contributed by atoms with Gasteiger partial charge in [0, 0.05) is 28.5 Å². The fourth-order valence-electron chi connectivity index (χ4n) is 3.74. The normalized spacial score (nSPS) is 11.3. The SMILES string of the molecule is Cc1[nH]c2c(F)ccc(C)c2c1CCNC(=O)c1cc2cc(C(=O)O)ccc2[nH]1. The Labute approximate surface area is 165 Å². The summed E-state index contributed by atoms with van der Waals surface area (Å²) >= 11 is 0. The number of aromatic amines is 2. The summed E-state index contributed by atoms with van der Waals surface area (Å²) in [5, 5.41) is 13.5. The van der Waals surface area contributed by atoms with Gasteiger partial charge in [-0.1, -0.05) is 6.07 Å². The molecule has 0 bridgehead atoms. The van der Waals surface area contributed by atoms with Crippen LogP contribution in [0.3, 0.4) is 0 Å². The van der Waals surface area contributed by atoms with Crippen molar-refractivity contribution in [2.75, 3.05) is 6.54 Å². The number of fused-ring (bicyclic) bond motifs is 2. The first-order chi connectivity index (χ1) is 13.8. The number of benzene rings is 2. The van der Waals surface area contributed by atoms with Crippen LogP contribution in [-0.2, 0) is 6.42 Å². The van der Waals surface area contributed by atoms with Crippen molar-refractivity contribution in [2.24, 2.45) is 0 Å². The van der Waals surface area contributed by atoms with Gasteiger partial charge >= 0.3 is 5.97 Å². The highest BCUT2D eigenvalue weighted by molar-refractivity contribution is 6.00. The largest absolute Gasteiger partial charge is 0.478 e. The maximum Gasteiger partial charge on any atom is 0.335 e. The fourth-order valence-corrected chi connectivity index (χ4v) is 3.74. The lowest BCUT2D eigenvalue weighted by Crippen LogP contribution is -2.26. The summed E-state index contributed by atoms with van der Waals surface area (Å²) in [4.78, 5) is 29.7. The van der Waals surface area contributed by atoms with Crippen LogP contribution in [0, 0.1) is 19.7 Å². The monoisotopic (exact) mass is 393 g/mol. The summed E-state index contributed by atoms with van der Waals surface area (Å²) in [7, 11) is 0. The average molecular weight is 393 g/mol. The van der Waals surface area contributed by atoms with E-state index in [4.69, 9.17) is 5.11 Å². The average Bonchev–Trinajstić information content (AvgIpc) is 3.26. The van der Waals surface area contributed by atoms with Gasteiger partial charge in [0.25, 0.3) is 5.91 Å². The Morgan fingerprint density at radius 2 is 1.90 bits per heavy atom. The molecule has 7 heteroatoms. The van der Waals surface area contributed by atoms with Crippen LogP contribution < -0.4 is 5.32 Å². The van der Waals surface area contributed by atoms with Crippen molar-refractivity contribution < 1.29 is 19.1 Å². The molecule has 29 heavy (non-hydrogen) atoms. The highest BCUT2D eigenvalue weighted by Gasteiger charge is 2.15. The topological polar surface area (TPSA) is 98.0 Å². The minimum atomic E-state index is -1.01. The Morgan fingerprint density at radius 1 is 1.10 bits per heavy atom. The molecule has 2 heterocycles. The third-order valence-electron chi connectivity index (χ3n) is 5.20. The summed E-state index contributed by atoms with van der Waals surface area (Å²) in [6.45, 7) is 4.22. The number of aromatic carboxylic acids is 1. The number of aryl methyl sites for hydroxylation is 2. The van der Waals surface area contributed by atoms with Crippen molar-refractivity contribution >= 4 is 33.7 Å². The zero-order chi connectivity index (χ0) is 20.7. The maximum atomic E-state index is 14.1. The van der Waals surface area contributed by atoms with Crippen molar-refractivity contribution in [3.05, 3.63) is 70.3 Å². The van der Waals surface area contributed by atoms with Gasteiger partial charge in [0.15, 0.2) is 0 Å². The van der Waals surface area contributed by atoms with E-state index in [2.05, 4.69) is 15.3 Å². The van der Waals surface area contributed by atoms with Crippen LogP contribution in [-0.4, -0.2) is 33.5 Å². The minimum absolute atomic E-state index is 0.167. The van der Waals surface area contributed by atoms with Crippen molar-refractivity contribution in [1.29, 1.82) is 0 Å². The third kappa shape index (κ3) is 3.35. The number of hydrogen-bond acceptors (Lipinski definition) is 2. The van der Waals surface area contributed by atoms with Gasteiger partial charge in [-0.05, 0) is 61.7 Å². The van der Waals surface area contributed by atoms with E-state index in [9.17, 15) is 14.0 Å². The number of carboxylic acid groups (broad SMARTS) is 1. The molecule has 148 valence electrons. The summed E-state index contributed by atoms with van der Waals surface area (Å²) in [6.07, 6.45) is 0.561. The molecular weight excluding hydrogens is 373 g/mol. The zero-order valence-electron chi connectivity index (χ0n) is 16.0. The van der Waals surface area contributed by atoms with Crippen LogP contribution >= 0.6 is 0 Å². The van der Waals surface area contributed by atoms with E-state index in [1.807, 2.05) is 13.8 Å². The molecule has 4 N–H and O–H groups in total. The number of carbonyl (C=O) groups excluding carboxylic acids is 1. The lowest BCUT2D eigenvalue weighted by Gasteiger charge is -2.06. The number of hydrogen-bond donors (Lipinski definition) is 4. The highest BCUT2D eigenvalue weighted by Crippen LogP contribution is 2.27. The highest BCUT2D eigenvalue weighted by atomic mass is 19.1. The maximum absolute atomic E-state index is 14.1. The molecule has 6 nitrogen and oxygen atoms in total. The Bertz CT molecular complexity index is 1270. The molecule has 0 radical (unpaired) electrons. The number of aromatic nitrogens is 2. The first-order valence-corrected chi connectivity index (χ1v) is 9.25. The number of amides is 1. The van der Waals surface area contributed by atoms with Gasteiger partial charge in [0.1, 0.15) is 11.5 Å². The van der Waals surface area contributed by atoms with E-state index >= 15 is 0 Å². The molecule has 0 spiro atoms. The molecule has 4 aromatic rings. The van der Waals surface area contributed by atoms with E-state index in [-0.39, 0.29) is 17.3 Å². The number of H-pyrrole nitrogens is 2. The fraction of sp³-hybridized carbons (Fsp3) is 0.182. The Kier molecular flexibility index (Phi) is 4.58. The standard InChI is InChI=1S/C22H20FN3O3/c1-11-3-5-16(23)20-19(11)15(12(2)25-20)7-8-24-21(27)18-10-14-9-13(22(28)29)4-6-17(14)26-18/h3-6,9-10,25-26H,7-8H2,1-2H3,(H,24,27)(H,28,29). The summed E-state index contributed by atoms with van der Waals surface area (Å²) in [6, 6.07) is 9.49. The molecule has 2 aromatic heterocycles. The molecule has 0 unspecified atom stereocenters. The van der Waals surface area contributed by atoms with E-state index in [0.717, 1.165) is 22.2 Å². The van der Waals surface area contributed by atoms with Crippen molar-refractivity contribution in [2.45, 2.75) is 20.3 Å². The van der Waals surface area contributed by atoms with Crippen molar-refractivity contribution in [1.82, 2.24) is 15.3 Å². The van der Waals surface area contributed by atoms with Gasteiger partial charge in [-0.2, -0.15) is 0 Å². The quantitative estimate of drug-likeness (QED) is 0.411. The van der Waals surface area contributed by atoms with Gasteiger partial charge in [0.05, 0.1) is 11.1 Å². The van der Waals surface area contributed by atoms with Crippen LogP contribution in [0.1, 0.15) is 37.7 Å². The van der Waals surface area contributed by atoms with Gasteiger partial charge < -0.3 is 20.4 Å². The van der Waals surface area contributed by atoms with Crippen LogP contribution in [0.15, 0.2) is 36.4 Å². The van der Waals surface area contributed by atoms with Crippen LogP contribution in [0.4, 0.5) is 4.39 Å². The second kappa shape index (κ2) is 7.09. The second-order valence-corrected chi connectivity index (χ2v) is 7.14. The lowest BCUT2D eigenvalue weighted by molar-refractivity contribution is 0.0696. The molecule has 0 saturated carbocycles. The van der Waals surface area contributed by atoms with Crippen LogP contribution in [0.2, 0.25) is 0 Å². The van der Waals surface area contributed by atoms with Crippen LogP contribution in [0.25, 0.3) is 21.8 Å². The molecule has 4 rings (SSSR count). The molecule has 0 aliphatic heterocycles. The summed E-state index contributed by atoms with van der Waals surface area (Å²) < 4.78 is 14.1. The zero-order valence-corrected chi connectivity index (χ0v) is 16.0. The minimum Gasteiger partial charge on any atom is -0.478 e. The molecule has 0 saturated heterocycles. The third-order valence-corrected chi connectivity index (χ3v) is 5.20.